The van der Waals surface area contributed by atoms with E-state index in [1.165, 1.54) is 0 Å². The maximum atomic E-state index is 12.7. The summed E-state index contributed by atoms with van der Waals surface area (Å²) in [4.78, 5) is 25.4. The fraction of sp³-hybridized carbons (Fsp3) is 0.600. The third-order valence-corrected chi connectivity index (χ3v) is 4.98. The summed E-state index contributed by atoms with van der Waals surface area (Å²) < 4.78 is 1.79. The van der Waals surface area contributed by atoms with E-state index in [0.717, 1.165) is 36.7 Å². The molecule has 1 fully saturated rings. The number of hydrogen-bond donors (Lipinski definition) is 2. The van der Waals surface area contributed by atoms with Gasteiger partial charge in [-0.2, -0.15) is 0 Å². The summed E-state index contributed by atoms with van der Waals surface area (Å²) in [6, 6.07) is 7.75. The molecule has 0 bridgehead atoms. The Labute approximate surface area is 159 Å². The molecule has 2 N–H and O–H groups in total. The normalized spacial score (nSPS) is 20.4. The van der Waals surface area contributed by atoms with Crippen LogP contribution in [0.15, 0.2) is 24.3 Å². The van der Waals surface area contributed by atoms with E-state index in [4.69, 9.17) is 0 Å². The fourth-order valence-electron chi connectivity index (χ4n) is 3.72. The average Bonchev–Trinajstić information content (AvgIpc) is 3.03. The second-order valence-electron chi connectivity index (χ2n) is 8.33. The van der Waals surface area contributed by atoms with E-state index in [0.29, 0.717) is 13.1 Å². The number of aromatic nitrogens is 3. The molecule has 1 aliphatic rings. The molecule has 27 heavy (non-hydrogen) atoms. The Balaban J connectivity index is 1.57. The SMILES string of the molecule is CC(C)(C)NC(=O)[C@@H]1CCCC[C@@H]1C(=O)NCCn1nnc2ccccc21. The minimum Gasteiger partial charge on any atom is -0.354 e. The van der Waals surface area contributed by atoms with Crippen molar-refractivity contribution in [2.75, 3.05) is 6.54 Å². The van der Waals surface area contributed by atoms with Crippen molar-refractivity contribution in [2.45, 2.75) is 58.5 Å². The highest BCUT2D eigenvalue weighted by Gasteiger charge is 2.36. The largest absolute Gasteiger partial charge is 0.354 e. The maximum Gasteiger partial charge on any atom is 0.224 e. The van der Waals surface area contributed by atoms with Crippen molar-refractivity contribution in [3.63, 3.8) is 0 Å². The van der Waals surface area contributed by atoms with E-state index >= 15 is 0 Å². The number of carbonyl (C=O) groups is 2. The van der Waals surface area contributed by atoms with Gasteiger partial charge in [-0.1, -0.05) is 30.2 Å². The molecule has 1 aromatic heterocycles. The quantitative estimate of drug-likeness (QED) is 0.844. The second-order valence-corrected chi connectivity index (χ2v) is 8.33. The van der Waals surface area contributed by atoms with Gasteiger partial charge in [-0.25, -0.2) is 4.68 Å². The lowest BCUT2D eigenvalue weighted by atomic mass is 9.77. The lowest BCUT2D eigenvalue weighted by Crippen LogP contribution is -2.49. The monoisotopic (exact) mass is 371 g/mol. The zero-order chi connectivity index (χ0) is 19.4. The van der Waals surface area contributed by atoms with Gasteiger partial charge in [-0.05, 0) is 45.7 Å². The first-order valence-corrected chi connectivity index (χ1v) is 9.73. The summed E-state index contributed by atoms with van der Waals surface area (Å²) in [5.74, 6) is -0.545. The van der Waals surface area contributed by atoms with Crippen LogP contribution in [0, 0.1) is 11.8 Å². The predicted molar refractivity (Wildman–Crippen MR) is 104 cm³/mol. The van der Waals surface area contributed by atoms with Gasteiger partial charge in [0.25, 0.3) is 0 Å². The number of nitrogens with one attached hydrogen (secondary N) is 2. The molecule has 0 spiro atoms. The zero-order valence-electron chi connectivity index (χ0n) is 16.4. The van der Waals surface area contributed by atoms with Gasteiger partial charge < -0.3 is 10.6 Å². The number of amides is 2. The van der Waals surface area contributed by atoms with E-state index in [1.807, 2.05) is 45.0 Å². The molecular formula is C20H29N5O2. The molecule has 7 nitrogen and oxygen atoms in total. The molecular weight excluding hydrogens is 342 g/mol. The van der Waals surface area contributed by atoms with Gasteiger partial charge in [0.1, 0.15) is 5.52 Å². The molecule has 0 saturated heterocycles. The highest BCUT2D eigenvalue weighted by molar-refractivity contribution is 5.88. The van der Waals surface area contributed by atoms with Crippen LogP contribution in [-0.4, -0.2) is 38.9 Å². The van der Waals surface area contributed by atoms with Crippen molar-refractivity contribution in [2.24, 2.45) is 11.8 Å². The molecule has 1 aromatic carbocycles. The molecule has 146 valence electrons. The Kier molecular flexibility index (Phi) is 5.77. The van der Waals surface area contributed by atoms with Crippen molar-refractivity contribution in [3.05, 3.63) is 24.3 Å². The zero-order valence-corrected chi connectivity index (χ0v) is 16.4. The Morgan fingerprint density at radius 3 is 2.48 bits per heavy atom. The van der Waals surface area contributed by atoms with Crippen molar-refractivity contribution >= 4 is 22.8 Å². The molecule has 0 radical (unpaired) electrons. The first kappa shape index (κ1) is 19.3. The van der Waals surface area contributed by atoms with Gasteiger partial charge in [-0.15, -0.1) is 5.10 Å². The third-order valence-electron chi connectivity index (χ3n) is 4.98. The van der Waals surface area contributed by atoms with Crippen LogP contribution in [0.4, 0.5) is 0 Å². The fourth-order valence-corrected chi connectivity index (χ4v) is 3.72. The van der Waals surface area contributed by atoms with Crippen LogP contribution in [0.2, 0.25) is 0 Å². The summed E-state index contributed by atoms with van der Waals surface area (Å²) in [7, 11) is 0. The van der Waals surface area contributed by atoms with Crippen molar-refractivity contribution < 1.29 is 9.59 Å². The lowest BCUT2D eigenvalue weighted by Gasteiger charge is -2.32. The van der Waals surface area contributed by atoms with Crippen LogP contribution < -0.4 is 10.6 Å². The Hall–Kier alpha value is -2.44. The van der Waals surface area contributed by atoms with Crippen molar-refractivity contribution in [3.8, 4) is 0 Å². The van der Waals surface area contributed by atoms with Crippen LogP contribution in [-0.2, 0) is 16.1 Å². The van der Waals surface area contributed by atoms with Gasteiger partial charge in [0.05, 0.1) is 12.1 Å². The average molecular weight is 371 g/mol. The van der Waals surface area contributed by atoms with Gasteiger partial charge in [0.2, 0.25) is 11.8 Å². The molecule has 0 unspecified atom stereocenters. The van der Waals surface area contributed by atoms with E-state index in [-0.39, 0.29) is 29.2 Å². The Morgan fingerprint density at radius 1 is 1.11 bits per heavy atom. The van der Waals surface area contributed by atoms with Gasteiger partial charge in [0.15, 0.2) is 0 Å². The first-order valence-electron chi connectivity index (χ1n) is 9.73. The predicted octanol–water partition coefficient (Wildman–Crippen LogP) is 2.27. The number of nitrogens with zero attached hydrogens (tertiary/aromatic N) is 3. The molecule has 2 atom stereocenters. The first-order chi connectivity index (χ1) is 12.8. The third kappa shape index (κ3) is 4.84. The molecule has 1 aliphatic carbocycles. The number of rotatable bonds is 5. The summed E-state index contributed by atoms with van der Waals surface area (Å²) in [5.41, 5.74) is 1.51. The highest BCUT2D eigenvalue weighted by atomic mass is 16.2. The molecule has 7 heteroatoms. The molecule has 1 saturated carbocycles. The van der Waals surface area contributed by atoms with Crippen LogP contribution in [0.1, 0.15) is 46.5 Å². The van der Waals surface area contributed by atoms with Gasteiger partial charge >= 0.3 is 0 Å². The summed E-state index contributed by atoms with van der Waals surface area (Å²) in [6.45, 7) is 6.91. The number of para-hydroxylation sites is 1. The number of carbonyl (C=O) groups excluding carboxylic acids is 2. The summed E-state index contributed by atoms with van der Waals surface area (Å²) >= 11 is 0. The van der Waals surface area contributed by atoms with Crippen LogP contribution in [0.3, 0.4) is 0 Å². The number of benzene rings is 1. The van der Waals surface area contributed by atoms with E-state index in [2.05, 4.69) is 20.9 Å². The minimum atomic E-state index is -0.288. The molecule has 3 rings (SSSR count). The van der Waals surface area contributed by atoms with Crippen LogP contribution >= 0.6 is 0 Å². The van der Waals surface area contributed by atoms with Crippen LogP contribution in [0.5, 0.6) is 0 Å². The number of fused-ring (bicyclic) bond motifs is 1. The van der Waals surface area contributed by atoms with E-state index in [1.54, 1.807) is 4.68 Å². The van der Waals surface area contributed by atoms with Gasteiger partial charge in [0, 0.05) is 23.9 Å². The van der Waals surface area contributed by atoms with E-state index < -0.39 is 0 Å². The van der Waals surface area contributed by atoms with Crippen molar-refractivity contribution in [1.82, 2.24) is 25.6 Å². The smallest absolute Gasteiger partial charge is 0.224 e. The molecule has 2 aromatic rings. The summed E-state index contributed by atoms with van der Waals surface area (Å²) in [6.07, 6.45) is 3.52. The second kappa shape index (κ2) is 8.06. The Morgan fingerprint density at radius 2 is 1.78 bits per heavy atom. The maximum absolute atomic E-state index is 12.7. The molecule has 1 heterocycles. The van der Waals surface area contributed by atoms with Crippen LogP contribution in [0.25, 0.3) is 11.0 Å². The van der Waals surface area contributed by atoms with Gasteiger partial charge in [-0.3, -0.25) is 9.59 Å². The Bertz CT molecular complexity index is 808. The molecule has 0 aliphatic heterocycles. The molecule has 2 amide bonds. The van der Waals surface area contributed by atoms with E-state index in [9.17, 15) is 9.59 Å². The highest BCUT2D eigenvalue weighted by Crippen LogP contribution is 2.31. The lowest BCUT2D eigenvalue weighted by molar-refractivity contribution is -0.137. The standard InChI is InChI=1S/C20H29N5O2/c1-20(2,3)22-19(27)15-9-5-4-8-14(15)18(26)21-12-13-25-17-11-7-6-10-16(17)23-24-25/h6-7,10-11,14-15H,4-5,8-9,12-13H2,1-3H3,(H,21,26)(H,22,27)/t14-,15+/m0/s1. The summed E-state index contributed by atoms with van der Waals surface area (Å²) in [5, 5.41) is 14.3. The topological polar surface area (TPSA) is 88.9 Å². The minimum absolute atomic E-state index is 0.00961. The van der Waals surface area contributed by atoms with Crippen molar-refractivity contribution in [1.29, 1.82) is 0 Å². The number of hydrogen-bond acceptors (Lipinski definition) is 4.